The van der Waals surface area contributed by atoms with Crippen LogP contribution in [0.4, 0.5) is 4.79 Å². The van der Waals surface area contributed by atoms with Crippen molar-refractivity contribution in [2.24, 2.45) is 0 Å². The Labute approximate surface area is 125 Å². The molecule has 0 radical (unpaired) electrons. The summed E-state index contributed by atoms with van der Waals surface area (Å²) in [7, 11) is 1.61. The van der Waals surface area contributed by atoms with E-state index >= 15 is 0 Å². The number of carboxylic acids is 1. The summed E-state index contributed by atoms with van der Waals surface area (Å²) < 4.78 is 0. The summed E-state index contributed by atoms with van der Waals surface area (Å²) in [5.74, 6) is -1.16. The molecule has 120 valence electrons. The van der Waals surface area contributed by atoms with Gasteiger partial charge in [-0.15, -0.1) is 0 Å². The average molecular weight is 299 g/mol. The van der Waals surface area contributed by atoms with Gasteiger partial charge in [-0.25, -0.2) is 4.79 Å². The highest BCUT2D eigenvalue weighted by Crippen LogP contribution is 2.35. The Balaban J connectivity index is 2.66. The van der Waals surface area contributed by atoms with E-state index in [0.29, 0.717) is 19.4 Å². The third kappa shape index (κ3) is 4.91. The minimum absolute atomic E-state index is 0.0575. The Morgan fingerprint density at radius 1 is 1.14 bits per heavy atom. The molecule has 0 saturated heterocycles. The molecule has 0 unspecified atom stereocenters. The van der Waals surface area contributed by atoms with Gasteiger partial charge in [-0.2, -0.15) is 0 Å². The van der Waals surface area contributed by atoms with Gasteiger partial charge in [0.1, 0.15) is 0 Å². The first-order valence-corrected chi connectivity index (χ1v) is 7.41. The second-order valence-electron chi connectivity index (χ2n) is 5.53. The lowest BCUT2D eigenvalue weighted by atomic mass is 9.78. The Kier molecular flexibility index (Phi) is 6.45. The maximum atomic E-state index is 12.2. The minimum Gasteiger partial charge on any atom is -0.481 e. The standard InChI is InChI=1S/C14H25N3O4/c1-3-15-11(18)10-16-13(21)17(2)14(9-12(19)20)7-5-4-6-8-14/h3-10H2,1-2H3,(H,15,18)(H,16,21)(H,19,20). The van der Waals surface area contributed by atoms with Gasteiger partial charge in [0.25, 0.3) is 0 Å². The lowest BCUT2D eigenvalue weighted by Crippen LogP contribution is -2.56. The van der Waals surface area contributed by atoms with Crippen LogP contribution in [-0.4, -0.2) is 53.6 Å². The van der Waals surface area contributed by atoms with Gasteiger partial charge in [0.2, 0.25) is 5.91 Å². The number of rotatable bonds is 6. The van der Waals surface area contributed by atoms with Gasteiger partial charge in [-0.05, 0) is 19.8 Å². The van der Waals surface area contributed by atoms with Crippen LogP contribution in [0.25, 0.3) is 0 Å². The van der Waals surface area contributed by atoms with Crippen molar-refractivity contribution in [3.63, 3.8) is 0 Å². The maximum Gasteiger partial charge on any atom is 0.318 e. The molecule has 1 aliphatic carbocycles. The SMILES string of the molecule is CCNC(=O)CNC(=O)N(C)C1(CC(=O)O)CCCCC1. The number of carbonyl (C=O) groups is 3. The van der Waals surface area contributed by atoms with Crippen molar-refractivity contribution in [2.75, 3.05) is 20.1 Å². The van der Waals surface area contributed by atoms with Gasteiger partial charge in [0, 0.05) is 13.6 Å². The van der Waals surface area contributed by atoms with Gasteiger partial charge in [-0.3, -0.25) is 9.59 Å². The van der Waals surface area contributed by atoms with E-state index in [1.165, 1.54) is 4.90 Å². The fourth-order valence-corrected chi connectivity index (χ4v) is 2.87. The quantitative estimate of drug-likeness (QED) is 0.679. The second kappa shape index (κ2) is 7.85. The summed E-state index contributed by atoms with van der Waals surface area (Å²) in [4.78, 5) is 36.1. The molecule has 21 heavy (non-hydrogen) atoms. The number of hydrogen-bond donors (Lipinski definition) is 3. The Bertz CT molecular complexity index is 392. The predicted octanol–water partition coefficient (Wildman–Crippen LogP) is 0.941. The zero-order chi connectivity index (χ0) is 15.9. The molecule has 1 fully saturated rings. The highest BCUT2D eigenvalue weighted by atomic mass is 16.4. The monoisotopic (exact) mass is 299 g/mol. The molecule has 3 N–H and O–H groups in total. The van der Waals surface area contributed by atoms with E-state index in [0.717, 1.165) is 19.3 Å². The third-order valence-electron chi connectivity index (χ3n) is 4.05. The molecule has 1 rings (SSSR count). The fourth-order valence-electron chi connectivity index (χ4n) is 2.87. The van der Waals surface area contributed by atoms with Crippen LogP contribution >= 0.6 is 0 Å². The van der Waals surface area contributed by atoms with Gasteiger partial charge >= 0.3 is 12.0 Å². The number of nitrogens with zero attached hydrogens (tertiary/aromatic N) is 1. The van der Waals surface area contributed by atoms with Crippen LogP contribution in [0, 0.1) is 0 Å². The van der Waals surface area contributed by atoms with E-state index in [1.54, 1.807) is 14.0 Å². The first kappa shape index (κ1) is 17.3. The number of nitrogens with one attached hydrogen (secondary N) is 2. The van der Waals surface area contributed by atoms with Crippen LogP contribution in [0.5, 0.6) is 0 Å². The van der Waals surface area contributed by atoms with Crippen molar-refractivity contribution >= 4 is 17.9 Å². The average Bonchev–Trinajstić information content (AvgIpc) is 2.44. The van der Waals surface area contributed by atoms with E-state index in [9.17, 15) is 14.4 Å². The van der Waals surface area contributed by atoms with E-state index in [4.69, 9.17) is 5.11 Å². The zero-order valence-electron chi connectivity index (χ0n) is 12.8. The molecule has 1 saturated carbocycles. The fraction of sp³-hybridized carbons (Fsp3) is 0.786. The number of amides is 3. The Morgan fingerprint density at radius 3 is 2.29 bits per heavy atom. The summed E-state index contributed by atoms with van der Waals surface area (Å²) in [5.41, 5.74) is -0.643. The molecular formula is C14H25N3O4. The maximum absolute atomic E-state index is 12.2. The summed E-state index contributed by atoms with van der Waals surface area (Å²) in [5, 5.41) is 14.3. The summed E-state index contributed by atoms with van der Waals surface area (Å²) in [6, 6.07) is -0.399. The van der Waals surface area contributed by atoms with Crippen LogP contribution in [-0.2, 0) is 9.59 Å². The van der Waals surface area contributed by atoms with Gasteiger partial charge in [0.15, 0.2) is 0 Å². The molecule has 0 aliphatic heterocycles. The summed E-state index contributed by atoms with van der Waals surface area (Å²) in [6.45, 7) is 2.21. The number of carboxylic acid groups (broad SMARTS) is 1. The summed E-state index contributed by atoms with van der Waals surface area (Å²) >= 11 is 0. The molecule has 7 heteroatoms. The smallest absolute Gasteiger partial charge is 0.318 e. The molecular weight excluding hydrogens is 274 g/mol. The highest BCUT2D eigenvalue weighted by Gasteiger charge is 2.40. The van der Waals surface area contributed by atoms with E-state index in [2.05, 4.69) is 10.6 Å². The molecule has 3 amide bonds. The Morgan fingerprint density at radius 2 is 1.76 bits per heavy atom. The van der Waals surface area contributed by atoms with Crippen molar-refractivity contribution in [3.05, 3.63) is 0 Å². The summed E-state index contributed by atoms with van der Waals surface area (Å²) in [6.07, 6.45) is 4.21. The number of carbonyl (C=O) groups excluding carboxylic acids is 2. The number of aliphatic carboxylic acids is 1. The number of likely N-dealkylation sites (N-methyl/N-ethyl adjacent to an activating group) is 1. The zero-order valence-corrected chi connectivity index (χ0v) is 12.8. The molecule has 7 nitrogen and oxygen atoms in total. The van der Waals surface area contributed by atoms with E-state index in [-0.39, 0.29) is 18.9 Å². The van der Waals surface area contributed by atoms with E-state index in [1.807, 2.05) is 0 Å². The molecule has 0 spiro atoms. The number of urea groups is 1. The lowest BCUT2D eigenvalue weighted by Gasteiger charge is -2.43. The van der Waals surface area contributed by atoms with Crippen molar-refractivity contribution in [1.29, 1.82) is 0 Å². The second-order valence-corrected chi connectivity index (χ2v) is 5.53. The van der Waals surface area contributed by atoms with Gasteiger partial charge in [-0.1, -0.05) is 19.3 Å². The van der Waals surface area contributed by atoms with Crippen LogP contribution in [0.3, 0.4) is 0 Å². The van der Waals surface area contributed by atoms with Gasteiger partial charge < -0.3 is 20.6 Å². The normalized spacial score (nSPS) is 16.9. The Hall–Kier alpha value is -1.79. The molecule has 1 aliphatic rings. The molecule has 0 aromatic rings. The van der Waals surface area contributed by atoms with Gasteiger partial charge in [0.05, 0.1) is 18.5 Å². The van der Waals surface area contributed by atoms with Crippen molar-refractivity contribution in [1.82, 2.24) is 15.5 Å². The van der Waals surface area contributed by atoms with Crippen molar-refractivity contribution in [2.45, 2.75) is 51.0 Å². The topological polar surface area (TPSA) is 98.7 Å². The molecule has 0 aromatic heterocycles. The predicted molar refractivity (Wildman–Crippen MR) is 77.9 cm³/mol. The van der Waals surface area contributed by atoms with Crippen LogP contribution in [0.2, 0.25) is 0 Å². The third-order valence-corrected chi connectivity index (χ3v) is 4.05. The molecule has 0 bridgehead atoms. The minimum atomic E-state index is -0.903. The van der Waals surface area contributed by atoms with Crippen molar-refractivity contribution in [3.8, 4) is 0 Å². The van der Waals surface area contributed by atoms with Crippen LogP contribution in [0.1, 0.15) is 45.4 Å². The van der Waals surface area contributed by atoms with Crippen LogP contribution < -0.4 is 10.6 Å². The molecule has 0 aromatic carbocycles. The first-order chi connectivity index (χ1) is 9.91. The van der Waals surface area contributed by atoms with Crippen molar-refractivity contribution < 1.29 is 19.5 Å². The molecule has 0 atom stereocenters. The highest BCUT2D eigenvalue weighted by molar-refractivity contribution is 5.84. The number of hydrogen-bond acceptors (Lipinski definition) is 3. The van der Waals surface area contributed by atoms with Crippen LogP contribution in [0.15, 0.2) is 0 Å². The van der Waals surface area contributed by atoms with E-state index < -0.39 is 17.5 Å². The lowest BCUT2D eigenvalue weighted by molar-refractivity contribution is -0.140. The first-order valence-electron chi connectivity index (χ1n) is 7.41. The largest absolute Gasteiger partial charge is 0.481 e. The molecule has 0 heterocycles.